The maximum Gasteiger partial charge on any atom is 0.271 e. The highest BCUT2D eigenvalue weighted by molar-refractivity contribution is 7.09. The average Bonchev–Trinajstić information content (AvgIpc) is 3.33. The molecule has 0 unspecified atom stereocenters. The monoisotopic (exact) mass is 511 g/mol. The van der Waals surface area contributed by atoms with Crippen LogP contribution in [0.25, 0.3) is 0 Å². The summed E-state index contributed by atoms with van der Waals surface area (Å²) < 4.78 is 5.84. The number of amides is 2. The standard InChI is InChI=1S/C27H30ClN3O3S/c1-17(2)18-10-12-21(13-11-18)34-15-25-29-24(16-35-25)27(33)31-23-9-4-3-8-22(23)30-26(32)19-6-5-7-20(28)14-19/h5-7,10-14,16-17,22-23H,3-4,8-9,15H2,1-2H3,(H,30,32)(H,31,33)/t22-,23+/m1/s1. The molecular formula is C27H30ClN3O3S. The number of nitrogens with zero attached hydrogens (tertiary/aromatic N) is 1. The molecule has 6 nitrogen and oxygen atoms in total. The molecule has 184 valence electrons. The molecule has 2 aromatic carbocycles. The molecule has 0 bridgehead atoms. The highest BCUT2D eigenvalue weighted by atomic mass is 35.5. The number of carbonyl (C=O) groups excluding carboxylic acids is 2. The topological polar surface area (TPSA) is 80.3 Å². The molecule has 0 aliphatic heterocycles. The summed E-state index contributed by atoms with van der Waals surface area (Å²) in [6.07, 6.45) is 3.62. The second-order valence-corrected chi connectivity index (χ2v) is 10.5. The lowest BCUT2D eigenvalue weighted by Gasteiger charge is -2.32. The van der Waals surface area contributed by atoms with Gasteiger partial charge in [0.05, 0.1) is 0 Å². The van der Waals surface area contributed by atoms with Gasteiger partial charge in [-0.05, 0) is 54.7 Å². The summed E-state index contributed by atoms with van der Waals surface area (Å²) in [5.41, 5.74) is 2.14. The van der Waals surface area contributed by atoms with Gasteiger partial charge < -0.3 is 15.4 Å². The Morgan fingerprint density at radius 3 is 2.40 bits per heavy atom. The van der Waals surface area contributed by atoms with Gasteiger partial charge >= 0.3 is 0 Å². The summed E-state index contributed by atoms with van der Waals surface area (Å²) in [6.45, 7) is 4.61. The van der Waals surface area contributed by atoms with Crippen molar-refractivity contribution in [1.82, 2.24) is 15.6 Å². The number of hydrogen-bond acceptors (Lipinski definition) is 5. The number of halogens is 1. The van der Waals surface area contributed by atoms with Crippen LogP contribution in [0.1, 0.15) is 76.9 Å². The van der Waals surface area contributed by atoms with Crippen molar-refractivity contribution >= 4 is 34.8 Å². The molecule has 1 fully saturated rings. The van der Waals surface area contributed by atoms with E-state index in [4.69, 9.17) is 16.3 Å². The van der Waals surface area contributed by atoms with Crippen molar-refractivity contribution in [1.29, 1.82) is 0 Å². The van der Waals surface area contributed by atoms with Crippen molar-refractivity contribution in [2.24, 2.45) is 0 Å². The van der Waals surface area contributed by atoms with Crippen LogP contribution in [0.3, 0.4) is 0 Å². The van der Waals surface area contributed by atoms with E-state index in [0.29, 0.717) is 28.8 Å². The van der Waals surface area contributed by atoms with Gasteiger partial charge in [0, 0.05) is 28.0 Å². The fraction of sp³-hybridized carbons (Fsp3) is 0.370. The van der Waals surface area contributed by atoms with E-state index in [1.165, 1.54) is 16.9 Å². The van der Waals surface area contributed by atoms with Crippen LogP contribution < -0.4 is 15.4 Å². The van der Waals surface area contributed by atoms with E-state index in [-0.39, 0.29) is 23.9 Å². The van der Waals surface area contributed by atoms with Crippen LogP contribution in [-0.4, -0.2) is 28.9 Å². The molecule has 2 N–H and O–H groups in total. The van der Waals surface area contributed by atoms with Gasteiger partial charge in [-0.2, -0.15) is 0 Å². The minimum Gasteiger partial charge on any atom is -0.486 e. The normalized spacial score (nSPS) is 17.7. The van der Waals surface area contributed by atoms with Crippen LogP contribution in [0.2, 0.25) is 5.02 Å². The van der Waals surface area contributed by atoms with Gasteiger partial charge in [0.2, 0.25) is 0 Å². The van der Waals surface area contributed by atoms with Crippen LogP contribution in [0.15, 0.2) is 53.9 Å². The fourth-order valence-corrected chi connectivity index (χ4v) is 5.05. The smallest absolute Gasteiger partial charge is 0.271 e. The molecular weight excluding hydrogens is 482 g/mol. The molecule has 1 aromatic heterocycles. The Morgan fingerprint density at radius 2 is 1.74 bits per heavy atom. The number of ether oxygens (including phenoxy) is 1. The number of hydrogen-bond donors (Lipinski definition) is 2. The Hall–Kier alpha value is -2.90. The maximum absolute atomic E-state index is 12.9. The molecule has 0 radical (unpaired) electrons. The Labute approximate surface area is 215 Å². The average molecular weight is 512 g/mol. The first-order valence-corrected chi connectivity index (χ1v) is 13.2. The zero-order valence-electron chi connectivity index (χ0n) is 19.9. The molecule has 3 aromatic rings. The molecule has 2 amide bonds. The second-order valence-electron chi connectivity index (χ2n) is 9.09. The Morgan fingerprint density at radius 1 is 1.06 bits per heavy atom. The third-order valence-electron chi connectivity index (χ3n) is 6.18. The largest absolute Gasteiger partial charge is 0.486 e. The van der Waals surface area contributed by atoms with Gasteiger partial charge in [0.1, 0.15) is 23.1 Å². The molecule has 1 aliphatic carbocycles. The van der Waals surface area contributed by atoms with E-state index in [9.17, 15) is 9.59 Å². The molecule has 2 atom stereocenters. The van der Waals surface area contributed by atoms with E-state index < -0.39 is 0 Å². The lowest BCUT2D eigenvalue weighted by molar-refractivity contribution is 0.0860. The summed E-state index contributed by atoms with van der Waals surface area (Å²) in [4.78, 5) is 30.1. The van der Waals surface area contributed by atoms with Gasteiger partial charge in [-0.3, -0.25) is 9.59 Å². The number of carbonyl (C=O) groups is 2. The highest BCUT2D eigenvalue weighted by Crippen LogP contribution is 2.22. The van der Waals surface area contributed by atoms with E-state index >= 15 is 0 Å². The predicted molar refractivity (Wildman–Crippen MR) is 139 cm³/mol. The molecule has 0 spiro atoms. The highest BCUT2D eigenvalue weighted by Gasteiger charge is 2.29. The lowest BCUT2D eigenvalue weighted by atomic mass is 9.90. The fourth-order valence-electron chi connectivity index (χ4n) is 4.18. The second kappa shape index (κ2) is 11.7. The van der Waals surface area contributed by atoms with E-state index in [1.54, 1.807) is 29.6 Å². The zero-order valence-corrected chi connectivity index (χ0v) is 21.5. The van der Waals surface area contributed by atoms with Crippen LogP contribution in [0.5, 0.6) is 5.75 Å². The van der Waals surface area contributed by atoms with Crippen molar-refractivity contribution in [3.63, 3.8) is 0 Å². The zero-order chi connectivity index (χ0) is 24.8. The summed E-state index contributed by atoms with van der Waals surface area (Å²) in [5.74, 6) is 0.824. The third kappa shape index (κ3) is 6.83. The Bertz CT molecular complexity index is 1160. The molecule has 35 heavy (non-hydrogen) atoms. The molecule has 1 saturated carbocycles. The van der Waals surface area contributed by atoms with Gasteiger partial charge in [-0.25, -0.2) is 4.98 Å². The first kappa shape index (κ1) is 25.2. The van der Waals surface area contributed by atoms with Crippen LogP contribution in [0, 0.1) is 0 Å². The third-order valence-corrected chi connectivity index (χ3v) is 7.24. The summed E-state index contributed by atoms with van der Waals surface area (Å²) in [7, 11) is 0. The van der Waals surface area contributed by atoms with Crippen LogP contribution in [-0.2, 0) is 6.61 Å². The minimum atomic E-state index is -0.234. The number of nitrogens with one attached hydrogen (secondary N) is 2. The van der Waals surface area contributed by atoms with E-state index in [2.05, 4.69) is 41.6 Å². The molecule has 1 aliphatic rings. The van der Waals surface area contributed by atoms with Crippen LogP contribution in [0.4, 0.5) is 0 Å². The van der Waals surface area contributed by atoms with Gasteiger partial charge in [0.15, 0.2) is 0 Å². The Kier molecular flexibility index (Phi) is 8.42. The summed E-state index contributed by atoms with van der Waals surface area (Å²) in [6, 6.07) is 14.6. The first-order valence-electron chi connectivity index (χ1n) is 11.9. The number of thiazole rings is 1. The van der Waals surface area contributed by atoms with Gasteiger partial charge in [-0.1, -0.05) is 56.5 Å². The predicted octanol–water partition coefficient (Wildman–Crippen LogP) is 5.97. The lowest BCUT2D eigenvalue weighted by Crippen LogP contribution is -2.53. The Balaban J connectivity index is 1.32. The van der Waals surface area contributed by atoms with Gasteiger partial charge in [-0.15, -0.1) is 11.3 Å². The minimum absolute atomic E-state index is 0.144. The molecule has 0 saturated heterocycles. The van der Waals surface area contributed by atoms with E-state index in [0.717, 1.165) is 36.4 Å². The SMILES string of the molecule is CC(C)c1ccc(OCc2nc(C(=O)N[C@H]3CCCC[C@H]3NC(=O)c3cccc(Cl)c3)cs2)cc1. The maximum atomic E-state index is 12.9. The van der Waals surface area contributed by atoms with Gasteiger partial charge in [0.25, 0.3) is 11.8 Å². The molecule has 8 heteroatoms. The summed E-state index contributed by atoms with van der Waals surface area (Å²) >= 11 is 7.42. The molecule has 1 heterocycles. The summed E-state index contributed by atoms with van der Waals surface area (Å²) in [5, 5.41) is 9.15. The number of benzene rings is 2. The van der Waals surface area contributed by atoms with Crippen molar-refractivity contribution in [2.45, 2.75) is 64.1 Å². The van der Waals surface area contributed by atoms with Crippen molar-refractivity contribution in [3.05, 3.63) is 80.8 Å². The number of rotatable bonds is 8. The molecule has 4 rings (SSSR count). The van der Waals surface area contributed by atoms with Crippen molar-refractivity contribution < 1.29 is 14.3 Å². The quantitative estimate of drug-likeness (QED) is 0.390. The number of aromatic nitrogens is 1. The van der Waals surface area contributed by atoms with Crippen molar-refractivity contribution in [2.75, 3.05) is 0 Å². The van der Waals surface area contributed by atoms with Crippen LogP contribution >= 0.6 is 22.9 Å². The first-order chi connectivity index (χ1) is 16.9. The van der Waals surface area contributed by atoms with Crippen molar-refractivity contribution in [3.8, 4) is 5.75 Å². The van der Waals surface area contributed by atoms with E-state index in [1.807, 2.05) is 12.1 Å².